The van der Waals surface area contributed by atoms with E-state index >= 15 is 0 Å². The third-order valence-corrected chi connectivity index (χ3v) is 7.66. The van der Waals surface area contributed by atoms with Gasteiger partial charge in [0.2, 0.25) is 5.91 Å². The Kier molecular flexibility index (Phi) is 5.78. The minimum absolute atomic E-state index is 0.0259. The van der Waals surface area contributed by atoms with Gasteiger partial charge in [0.1, 0.15) is 0 Å². The van der Waals surface area contributed by atoms with Crippen LogP contribution < -0.4 is 9.47 Å². The van der Waals surface area contributed by atoms with Gasteiger partial charge in [-0.25, -0.2) is 0 Å². The molecule has 0 saturated heterocycles. The summed E-state index contributed by atoms with van der Waals surface area (Å²) in [5.41, 5.74) is 1.78. The van der Waals surface area contributed by atoms with Crippen molar-refractivity contribution in [3.63, 3.8) is 0 Å². The number of thiophene rings is 2. The molecule has 2 aliphatic heterocycles. The van der Waals surface area contributed by atoms with Crippen LogP contribution in [0.1, 0.15) is 51.0 Å². The Balaban J connectivity index is 1.29. The average molecular weight is 454 g/mol. The number of ketones is 1. The molecule has 2 aliphatic rings. The quantitative estimate of drug-likeness (QED) is 0.504. The van der Waals surface area contributed by atoms with Gasteiger partial charge in [-0.3, -0.25) is 9.59 Å². The minimum Gasteiger partial charge on any atom is -0.490 e. The Labute approximate surface area is 189 Å². The number of fused-ring (bicyclic) bond motifs is 2. The molecule has 0 spiro atoms. The van der Waals surface area contributed by atoms with Crippen molar-refractivity contribution in [2.75, 3.05) is 19.8 Å². The molecule has 0 bridgehead atoms. The number of Topliss-reactive ketones (excluding diaryl/α,β-unsaturated/α-hetero) is 1. The highest BCUT2D eigenvalue weighted by Gasteiger charge is 2.33. The summed E-state index contributed by atoms with van der Waals surface area (Å²) in [6, 6.07) is 11.5. The Hall–Kier alpha value is -2.64. The summed E-state index contributed by atoms with van der Waals surface area (Å²) >= 11 is 3.43. The number of hydrogen-bond donors (Lipinski definition) is 0. The van der Waals surface area contributed by atoms with Gasteiger partial charge in [0.05, 0.1) is 19.3 Å². The maximum atomic E-state index is 13.2. The zero-order chi connectivity index (χ0) is 21.2. The monoisotopic (exact) mass is 453 g/mol. The van der Waals surface area contributed by atoms with Gasteiger partial charge in [0.15, 0.2) is 17.3 Å². The fraction of sp³-hybridized carbons (Fsp3) is 0.333. The highest BCUT2D eigenvalue weighted by molar-refractivity contribution is 7.10. The molecule has 1 amide bonds. The molecule has 3 aromatic rings. The van der Waals surface area contributed by atoms with Crippen molar-refractivity contribution in [3.05, 3.63) is 68.0 Å². The minimum atomic E-state index is -0.0510. The van der Waals surface area contributed by atoms with Gasteiger partial charge in [-0.2, -0.15) is 0 Å². The van der Waals surface area contributed by atoms with Crippen molar-refractivity contribution in [2.45, 2.75) is 31.7 Å². The first-order valence-corrected chi connectivity index (χ1v) is 12.3. The molecule has 0 fully saturated rings. The fourth-order valence-electron chi connectivity index (χ4n) is 4.18. The lowest BCUT2D eigenvalue weighted by Crippen LogP contribution is -2.39. The largest absolute Gasteiger partial charge is 0.490 e. The molecule has 160 valence electrons. The Morgan fingerprint density at radius 3 is 2.71 bits per heavy atom. The summed E-state index contributed by atoms with van der Waals surface area (Å²) in [5, 5.41) is 4.15. The topological polar surface area (TPSA) is 55.8 Å². The van der Waals surface area contributed by atoms with E-state index in [2.05, 4.69) is 17.5 Å². The van der Waals surface area contributed by atoms with E-state index in [9.17, 15) is 9.59 Å². The second-order valence-electron chi connectivity index (χ2n) is 7.69. The SMILES string of the molecule is O=C(CCC(=O)N1CCc2sccc2C1c1cccs1)c1ccc2c(c1)OCCCO2. The van der Waals surface area contributed by atoms with E-state index < -0.39 is 0 Å². The molecule has 0 radical (unpaired) electrons. The third kappa shape index (κ3) is 4.12. The van der Waals surface area contributed by atoms with Crippen molar-refractivity contribution >= 4 is 34.4 Å². The van der Waals surface area contributed by atoms with Crippen LogP contribution in [0.5, 0.6) is 11.5 Å². The lowest BCUT2D eigenvalue weighted by molar-refractivity contribution is -0.133. The molecule has 7 heteroatoms. The molecule has 5 nitrogen and oxygen atoms in total. The van der Waals surface area contributed by atoms with Crippen LogP contribution in [0.15, 0.2) is 47.2 Å². The van der Waals surface area contributed by atoms with E-state index in [0.717, 1.165) is 12.8 Å². The predicted molar refractivity (Wildman–Crippen MR) is 122 cm³/mol. The van der Waals surface area contributed by atoms with Gasteiger partial charge >= 0.3 is 0 Å². The van der Waals surface area contributed by atoms with Gasteiger partial charge in [0.25, 0.3) is 0 Å². The Morgan fingerprint density at radius 1 is 1.00 bits per heavy atom. The number of carbonyl (C=O) groups is 2. The molecule has 0 aliphatic carbocycles. The summed E-state index contributed by atoms with van der Waals surface area (Å²) in [5.74, 6) is 1.25. The van der Waals surface area contributed by atoms with Crippen LogP contribution in [0, 0.1) is 0 Å². The smallest absolute Gasteiger partial charge is 0.223 e. The second kappa shape index (κ2) is 8.85. The zero-order valence-corrected chi connectivity index (χ0v) is 18.7. The Bertz CT molecular complexity index is 1090. The van der Waals surface area contributed by atoms with Gasteiger partial charge < -0.3 is 14.4 Å². The molecule has 1 unspecified atom stereocenters. The zero-order valence-electron chi connectivity index (χ0n) is 17.0. The van der Waals surface area contributed by atoms with E-state index in [-0.39, 0.29) is 30.6 Å². The molecule has 2 aromatic heterocycles. The number of rotatable bonds is 5. The van der Waals surface area contributed by atoms with Crippen molar-refractivity contribution in [3.8, 4) is 11.5 Å². The van der Waals surface area contributed by atoms with Crippen LogP contribution in [0.3, 0.4) is 0 Å². The number of benzene rings is 1. The average Bonchev–Trinajstić information content (AvgIpc) is 3.44. The molecule has 1 atom stereocenters. The molecule has 4 heterocycles. The molecular formula is C24H23NO4S2. The van der Waals surface area contributed by atoms with Gasteiger partial charge in [-0.1, -0.05) is 6.07 Å². The highest BCUT2D eigenvalue weighted by atomic mass is 32.1. The van der Waals surface area contributed by atoms with Gasteiger partial charge in [-0.15, -0.1) is 22.7 Å². The summed E-state index contributed by atoms with van der Waals surface area (Å²) in [6.45, 7) is 1.88. The van der Waals surface area contributed by atoms with Crippen molar-refractivity contribution < 1.29 is 19.1 Å². The summed E-state index contributed by atoms with van der Waals surface area (Å²) < 4.78 is 11.3. The number of carbonyl (C=O) groups excluding carboxylic acids is 2. The number of amides is 1. The molecule has 31 heavy (non-hydrogen) atoms. The number of nitrogens with zero attached hydrogens (tertiary/aromatic N) is 1. The normalized spacial score (nSPS) is 17.7. The molecule has 0 saturated carbocycles. The van der Waals surface area contributed by atoms with Crippen LogP contribution in [0.2, 0.25) is 0 Å². The maximum Gasteiger partial charge on any atom is 0.223 e. The first-order valence-electron chi connectivity index (χ1n) is 10.5. The summed E-state index contributed by atoms with van der Waals surface area (Å²) in [7, 11) is 0. The summed E-state index contributed by atoms with van der Waals surface area (Å²) in [4.78, 5) is 30.5. The lowest BCUT2D eigenvalue weighted by atomic mass is 9.97. The third-order valence-electron chi connectivity index (χ3n) is 5.73. The first-order chi connectivity index (χ1) is 15.2. The molecule has 5 rings (SSSR count). The van der Waals surface area contributed by atoms with Gasteiger partial charge in [0, 0.05) is 41.1 Å². The van der Waals surface area contributed by atoms with Crippen LogP contribution in [-0.4, -0.2) is 36.3 Å². The first kappa shape index (κ1) is 20.3. The Morgan fingerprint density at radius 2 is 1.87 bits per heavy atom. The van der Waals surface area contributed by atoms with Crippen molar-refractivity contribution in [1.82, 2.24) is 4.90 Å². The molecular weight excluding hydrogens is 430 g/mol. The number of hydrogen-bond acceptors (Lipinski definition) is 6. The fourth-order valence-corrected chi connectivity index (χ4v) is 5.94. The van der Waals surface area contributed by atoms with Gasteiger partial charge in [-0.05, 0) is 53.1 Å². The summed E-state index contributed by atoms with van der Waals surface area (Å²) in [6.07, 6.45) is 2.08. The van der Waals surface area contributed by atoms with E-state index in [0.29, 0.717) is 36.8 Å². The molecule has 0 N–H and O–H groups in total. The standard InChI is InChI=1S/C24H23NO4S2/c26-18(16-4-6-19-20(15-16)29-12-2-11-28-19)5-7-23(27)25-10-8-21-17(9-14-31-21)24(25)22-3-1-13-30-22/h1,3-4,6,9,13-15,24H,2,5,7-8,10-12H2. The van der Waals surface area contributed by atoms with E-state index in [4.69, 9.17) is 9.47 Å². The van der Waals surface area contributed by atoms with E-state index in [1.165, 1.54) is 15.3 Å². The number of ether oxygens (including phenoxy) is 2. The second-order valence-corrected chi connectivity index (χ2v) is 9.67. The highest BCUT2D eigenvalue weighted by Crippen LogP contribution is 2.40. The predicted octanol–water partition coefficient (Wildman–Crippen LogP) is 5.11. The van der Waals surface area contributed by atoms with Crippen LogP contribution >= 0.6 is 22.7 Å². The maximum absolute atomic E-state index is 13.2. The molecule has 1 aromatic carbocycles. The van der Waals surface area contributed by atoms with Crippen LogP contribution in [0.4, 0.5) is 0 Å². The van der Waals surface area contributed by atoms with Crippen molar-refractivity contribution in [2.24, 2.45) is 0 Å². The lowest BCUT2D eigenvalue weighted by Gasteiger charge is -2.35. The van der Waals surface area contributed by atoms with Crippen molar-refractivity contribution in [1.29, 1.82) is 0 Å². The van der Waals surface area contributed by atoms with Crippen LogP contribution in [-0.2, 0) is 11.2 Å². The van der Waals surface area contributed by atoms with E-state index in [1.807, 2.05) is 16.3 Å². The van der Waals surface area contributed by atoms with E-state index in [1.54, 1.807) is 40.9 Å². The van der Waals surface area contributed by atoms with Crippen LogP contribution in [0.25, 0.3) is 0 Å².